The van der Waals surface area contributed by atoms with Gasteiger partial charge in [0, 0.05) is 24.7 Å². The highest BCUT2D eigenvalue weighted by molar-refractivity contribution is 5.87. The van der Waals surface area contributed by atoms with Crippen LogP contribution < -0.4 is 0 Å². The predicted octanol–water partition coefficient (Wildman–Crippen LogP) is 0.562. The molecular formula is C11H19NO3. The highest BCUT2D eigenvalue weighted by atomic mass is 16.5. The van der Waals surface area contributed by atoms with Crippen molar-refractivity contribution in [2.75, 3.05) is 26.8 Å². The monoisotopic (exact) mass is 213 g/mol. The van der Waals surface area contributed by atoms with Crippen molar-refractivity contribution in [3.05, 3.63) is 11.6 Å². The Morgan fingerprint density at radius 3 is 2.73 bits per heavy atom. The van der Waals surface area contributed by atoms with Crippen LogP contribution in [0, 0.1) is 0 Å². The zero-order valence-electron chi connectivity index (χ0n) is 9.40. The Kier molecular flexibility index (Phi) is 4.78. The van der Waals surface area contributed by atoms with E-state index >= 15 is 0 Å². The van der Waals surface area contributed by atoms with Gasteiger partial charge in [0.15, 0.2) is 0 Å². The van der Waals surface area contributed by atoms with Crippen molar-refractivity contribution in [3.8, 4) is 0 Å². The maximum atomic E-state index is 11.1. The highest BCUT2D eigenvalue weighted by Crippen LogP contribution is 2.26. The van der Waals surface area contributed by atoms with Gasteiger partial charge in [0.25, 0.3) is 0 Å². The van der Waals surface area contributed by atoms with Crippen molar-refractivity contribution in [1.82, 2.24) is 4.90 Å². The summed E-state index contributed by atoms with van der Waals surface area (Å²) in [7, 11) is 1.38. The Labute approximate surface area is 90.5 Å². The Bertz CT molecular complexity index is 246. The topological polar surface area (TPSA) is 49.8 Å². The first-order chi connectivity index (χ1) is 7.19. The third kappa shape index (κ3) is 4.01. The van der Waals surface area contributed by atoms with Gasteiger partial charge >= 0.3 is 5.97 Å². The summed E-state index contributed by atoms with van der Waals surface area (Å²) in [5.74, 6) is -0.283. The highest BCUT2D eigenvalue weighted by Gasteiger charge is 2.27. The van der Waals surface area contributed by atoms with Crippen molar-refractivity contribution in [2.24, 2.45) is 0 Å². The molecule has 0 aromatic heterocycles. The minimum absolute atomic E-state index is 0.168. The van der Waals surface area contributed by atoms with E-state index in [1.807, 2.05) is 6.08 Å². The number of carbonyl (C=O) groups is 1. The fraction of sp³-hybridized carbons (Fsp3) is 0.727. The van der Waals surface area contributed by atoms with Crippen LogP contribution in [0.1, 0.15) is 19.8 Å². The lowest BCUT2D eigenvalue weighted by Gasteiger charge is -2.18. The maximum Gasteiger partial charge on any atom is 0.333 e. The molecule has 15 heavy (non-hydrogen) atoms. The third-order valence-electron chi connectivity index (χ3n) is 2.59. The van der Waals surface area contributed by atoms with Gasteiger partial charge in [0.2, 0.25) is 0 Å². The average molecular weight is 213 g/mol. The van der Waals surface area contributed by atoms with E-state index in [1.54, 1.807) is 6.92 Å². The SMILES string of the molecule is COC(=O)C(C)=CCN(CCO)C1CC1. The van der Waals surface area contributed by atoms with Crippen LogP contribution >= 0.6 is 0 Å². The molecule has 1 rings (SSSR count). The first kappa shape index (κ1) is 12.2. The minimum Gasteiger partial charge on any atom is -0.466 e. The normalized spacial score (nSPS) is 16.9. The van der Waals surface area contributed by atoms with Gasteiger partial charge in [-0.3, -0.25) is 4.90 Å². The summed E-state index contributed by atoms with van der Waals surface area (Å²) in [5.41, 5.74) is 0.626. The first-order valence-corrected chi connectivity index (χ1v) is 5.29. The Morgan fingerprint density at radius 1 is 1.60 bits per heavy atom. The Morgan fingerprint density at radius 2 is 2.27 bits per heavy atom. The number of ether oxygens (including phenoxy) is 1. The summed E-state index contributed by atoms with van der Waals surface area (Å²) >= 11 is 0. The second-order valence-electron chi connectivity index (χ2n) is 3.83. The van der Waals surface area contributed by atoms with Gasteiger partial charge in [0.1, 0.15) is 0 Å². The van der Waals surface area contributed by atoms with E-state index in [4.69, 9.17) is 5.11 Å². The Balaban J connectivity index is 2.40. The fourth-order valence-electron chi connectivity index (χ4n) is 1.49. The van der Waals surface area contributed by atoms with Crippen molar-refractivity contribution in [2.45, 2.75) is 25.8 Å². The second kappa shape index (κ2) is 5.88. The number of hydrogen-bond donors (Lipinski definition) is 1. The van der Waals surface area contributed by atoms with E-state index in [1.165, 1.54) is 20.0 Å². The zero-order chi connectivity index (χ0) is 11.3. The standard InChI is InChI=1S/C11H19NO3/c1-9(11(14)15-2)5-6-12(7-8-13)10-3-4-10/h5,10,13H,3-4,6-8H2,1-2H3. The molecule has 0 bridgehead atoms. The molecule has 0 saturated heterocycles. The molecule has 1 aliphatic carbocycles. The summed E-state index contributed by atoms with van der Waals surface area (Å²) in [6, 6.07) is 0.596. The van der Waals surface area contributed by atoms with Crippen molar-refractivity contribution in [1.29, 1.82) is 0 Å². The molecule has 0 spiro atoms. The van der Waals surface area contributed by atoms with Crippen LogP contribution in [0.4, 0.5) is 0 Å². The lowest BCUT2D eigenvalue weighted by atomic mass is 10.2. The summed E-state index contributed by atoms with van der Waals surface area (Å²) in [6.45, 7) is 3.30. The lowest BCUT2D eigenvalue weighted by Crippen LogP contribution is -2.29. The van der Waals surface area contributed by atoms with Crippen LogP contribution in [0.3, 0.4) is 0 Å². The first-order valence-electron chi connectivity index (χ1n) is 5.29. The van der Waals surface area contributed by atoms with Crippen LogP contribution in [0.5, 0.6) is 0 Å². The Hall–Kier alpha value is -0.870. The zero-order valence-corrected chi connectivity index (χ0v) is 9.40. The van der Waals surface area contributed by atoms with Gasteiger partial charge in [-0.1, -0.05) is 6.08 Å². The summed E-state index contributed by atoms with van der Waals surface area (Å²) in [5, 5.41) is 8.88. The molecule has 4 nitrogen and oxygen atoms in total. The van der Waals surface area contributed by atoms with E-state index < -0.39 is 0 Å². The summed E-state index contributed by atoms with van der Waals surface area (Å²) in [6.07, 6.45) is 4.26. The second-order valence-corrected chi connectivity index (χ2v) is 3.83. The minimum atomic E-state index is -0.283. The molecule has 0 aromatic rings. The molecule has 1 fully saturated rings. The van der Waals surface area contributed by atoms with Crippen LogP contribution in [-0.2, 0) is 9.53 Å². The van der Waals surface area contributed by atoms with E-state index in [0.29, 0.717) is 24.7 Å². The van der Waals surface area contributed by atoms with Gasteiger partial charge in [-0.15, -0.1) is 0 Å². The van der Waals surface area contributed by atoms with Crippen LogP contribution in [-0.4, -0.2) is 48.8 Å². The number of methoxy groups -OCH3 is 1. The van der Waals surface area contributed by atoms with E-state index in [2.05, 4.69) is 9.64 Å². The molecule has 1 aliphatic rings. The number of aliphatic hydroxyl groups excluding tert-OH is 1. The van der Waals surface area contributed by atoms with E-state index in [-0.39, 0.29) is 12.6 Å². The molecular weight excluding hydrogens is 194 g/mol. The molecule has 1 N–H and O–H groups in total. The molecule has 86 valence electrons. The van der Waals surface area contributed by atoms with Gasteiger partial charge in [-0.2, -0.15) is 0 Å². The number of esters is 1. The number of nitrogens with zero attached hydrogens (tertiary/aromatic N) is 1. The molecule has 1 saturated carbocycles. The fourth-order valence-corrected chi connectivity index (χ4v) is 1.49. The van der Waals surface area contributed by atoms with Crippen molar-refractivity contribution in [3.63, 3.8) is 0 Å². The average Bonchev–Trinajstić information content (AvgIpc) is 3.06. The number of hydrogen-bond acceptors (Lipinski definition) is 4. The number of rotatable bonds is 6. The predicted molar refractivity (Wildman–Crippen MR) is 57.5 cm³/mol. The van der Waals surface area contributed by atoms with Gasteiger partial charge in [0.05, 0.1) is 13.7 Å². The number of carbonyl (C=O) groups excluding carboxylic acids is 1. The smallest absolute Gasteiger partial charge is 0.333 e. The molecule has 0 aliphatic heterocycles. The van der Waals surface area contributed by atoms with Gasteiger partial charge in [-0.25, -0.2) is 4.79 Å². The molecule has 0 atom stereocenters. The van der Waals surface area contributed by atoms with Crippen molar-refractivity contribution >= 4 is 5.97 Å². The number of aliphatic hydroxyl groups is 1. The van der Waals surface area contributed by atoms with E-state index in [9.17, 15) is 4.79 Å². The molecule has 0 unspecified atom stereocenters. The van der Waals surface area contributed by atoms with E-state index in [0.717, 1.165) is 0 Å². The largest absolute Gasteiger partial charge is 0.466 e. The molecule has 0 radical (unpaired) electrons. The third-order valence-corrected chi connectivity index (χ3v) is 2.59. The van der Waals surface area contributed by atoms with Crippen LogP contribution in [0.2, 0.25) is 0 Å². The molecule has 0 heterocycles. The molecule has 4 heteroatoms. The van der Waals surface area contributed by atoms with Crippen molar-refractivity contribution < 1.29 is 14.6 Å². The van der Waals surface area contributed by atoms with Crippen LogP contribution in [0.25, 0.3) is 0 Å². The quantitative estimate of drug-likeness (QED) is 0.517. The summed E-state index contributed by atoms with van der Waals surface area (Å²) in [4.78, 5) is 13.3. The van der Waals surface area contributed by atoms with Crippen LogP contribution in [0.15, 0.2) is 11.6 Å². The molecule has 0 aromatic carbocycles. The van der Waals surface area contributed by atoms with Gasteiger partial charge in [-0.05, 0) is 19.8 Å². The lowest BCUT2D eigenvalue weighted by molar-refractivity contribution is -0.136. The molecule has 0 amide bonds. The maximum absolute atomic E-state index is 11.1. The summed E-state index contributed by atoms with van der Waals surface area (Å²) < 4.78 is 4.61. The van der Waals surface area contributed by atoms with Gasteiger partial charge < -0.3 is 9.84 Å².